The summed E-state index contributed by atoms with van der Waals surface area (Å²) in [5.74, 6) is -0.630. The largest absolute Gasteiger partial charge is 0.481 e. The van der Waals surface area contributed by atoms with Crippen molar-refractivity contribution in [3.8, 4) is 0 Å². The topological polar surface area (TPSA) is 49.3 Å². The van der Waals surface area contributed by atoms with Crippen LogP contribution in [0.4, 0.5) is 0 Å². The second-order valence-corrected chi connectivity index (χ2v) is 4.82. The van der Waals surface area contributed by atoms with Crippen LogP contribution in [-0.4, -0.2) is 24.2 Å². The van der Waals surface area contributed by atoms with Gasteiger partial charge in [-0.3, -0.25) is 4.79 Å². The zero-order valence-corrected chi connectivity index (χ0v) is 9.98. The summed E-state index contributed by atoms with van der Waals surface area (Å²) >= 11 is 0. The standard InChI is InChI=1S/C14H19NO2/c16-13(17)14(8-10-15-11-9-14)7-6-12-4-2-1-3-5-12/h1-5,15H,6-11H2,(H,16,17). The number of piperidine rings is 1. The van der Waals surface area contributed by atoms with Gasteiger partial charge in [0, 0.05) is 0 Å². The van der Waals surface area contributed by atoms with E-state index < -0.39 is 11.4 Å². The molecule has 0 atom stereocenters. The molecule has 0 amide bonds. The van der Waals surface area contributed by atoms with E-state index in [0.29, 0.717) is 0 Å². The van der Waals surface area contributed by atoms with Crippen LogP contribution in [0, 0.1) is 5.41 Å². The van der Waals surface area contributed by atoms with E-state index in [2.05, 4.69) is 17.4 Å². The highest BCUT2D eigenvalue weighted by Crippen LogP contribution is 2.34. The van der Waals surface area contributed by atoms with Crippen molar-refractivity contribution in [1.82, 2.24) is 5.32 Å². The van der Waals surface area contributed by atoms with Crippen molar-refractivity contribution in [1.29, 1.82) is 0 Å². The highest BCUT2D eigenvalue weighted by atomic mass is 16.4. The molecule has 0 aliphatic carbocycles. The van der Waals surface area contributed by atoms with Gasteiger partial charge in [-0.15, -0.1) is 0 Å². The molecule has 1 heterocycles. The second-order valence-electron chi connectivity index (χ2n) is 4.82. The number of benzene rings is 1. The molecule has 17 heavy (non-hydrogen) atoms. The number of rotatable bonds is 4. The molecule has 1 aliphatic heterocycles. The minimum absolute atomic E-state index is 0.513. The van der Waals surface area contributed by atoms with E-state index in [1.54, 1.807) is 0 Å². The predicted molar refractivity (Wildman–Crippen MR) is 66.9 cm³/mol. The molecule has 1 aromatic carbocycles. The third-order valence-corrected chi connectivity index (χ3v) is 3.75. The summed E-state index contributed by atoms with van der Waals surface area (Å²) in [4.78, 5) is 11.5. The van der Waals surface area contributed by atoms with Crippen molar-refractivity contribution in [3.63, 3.8) is 0 Å². The quantitative estimate of drug-likeness (QED) is 0.837. The number of hydrogen-bond donors (Lipinski definition) is 2. The first kappa shape index (κ1) is 12.1. The summed E-state index contributed by atoms with van der Waals surface area (Å²) in [6.45, 7) is 1.64. The fraction of sp³-hybridized carbons (Fsp3) is 0.500. The van der Waals surface area contributed by atoms with Gasteiger partial charge < -0.3 is 10.4 Å². The zero-order valence-electron chi connectivity index (χ0n) is 9.98. The van der Waals surface area contributed by atoms with Crippen molar-refractivity contribution >= 4 is 5.97 Å². The Morgan fingerprint density at radius 1 is 1.24 bits per heavy atom. The summed E-state index contributed by atoms with van der Waals surface area (Å²) in [6.07, 6.45) is 3.09. The number of nitrogens with one attached hydrogen (secondary N) is 1. The number of aliphatic carboxylic acids is 1. The molecule has 3 nitrogen and oxygen atoms in total. The molecule has 0 bridgehead atoms. The first-order valence-electron chi connectivity index (χ1n) is 6.21. The molecule has 1 saturated heterocycles. The van der Waals surface area contributed by atoms with E-state index in [0.717, 1.165) is 38.8 Å². The van der Waals surface area contributed by atoms with Crippen molar-refractivity contribution < 1.29 is 9.90 Å². The summed E-state index contributed by atoms with van der Waals surface area (Å²) < 4.78 is 0. The Labute approximate surface area is 102 Å². The molecule has 0 spiro atoms. The summed E-state index contributed by atoms with van der Waals surface area (Å²) in [7, 11) is 0. The van der Waals surface area contributed by atoms with E-state index in [1.165, 1.54) is 5.56 Å². The van der Waals surface area contributed by atoms with Gasteiger partial charge in [0.2, 0.25) is 0 Å². The minimum atomic E-state index is -0.630. The third kappa shape index (κ3) is 2.86. The van der Waals surface area contributed by atoms with Gasteiger partial charge in [-0.05, 0) is 44.3 Å². The molecule has 0 saturated carbocycles. The van der Waals surface area contributed by atoms with Crippen LogP contribution < -0.4 is 5.32 Å². The van der Waals surface area contributed by atoms with Gasteiger partial charge in [-0.1, -0.05) is 30.3 Å². The SMILES string of the molecule is O=C(O)C1(CCc2ccccc2)CCNCC1. The van der Waals surface area contributed by atoms with Crippen LogP contribution in [0.1, 0.15) is 24.8 Å². The van der Waals surface area contributed by atoms with Crippen molar-refractivity contribution in [2.24, 2.45) is 5.41 Å². The first-order valence-corrected chi connectivity index (χ1v) is 6.21. The van der Waals surface area contributed by atoms with E-state index in [1.807, 2.05) is 18.2 Å². The lowest BCUT2D eigenvalue weighted by molar-refractivity contribution is -0.151. The number of hydrogen-bond acceptors (Lipinski definition) is 2. The number of carboxylic acid groups (broad SMARTS) is 1. The smallest absolute Gasteiger partial charge is 0.309 e. The molecule has 92 valence electrons. The minimum Gasteiger partial charge on any atom is -0.481 e. The maximum absolute atomic E-state index is 11.5. The lowest BCUT2D eigenvalue weighted by Gasteiger charge is -2.33. The molecule has 0 unspecified atom stereocenters. The summed E-state index contributed by atoms with van der Waals surface area (Å²) in [6, 6.07) is 10.1. The second kappa shape index (κ2) is 5.32. The molecule has 2 N–H and O–H groups in total. The Bertz CT molecular complexity index is 369. The van der Waals surface area contributed by atoms with Crippen LogP contribution in [0.25, 0.3) is 0 Å². The fourth-order valence-corrected chi connectivity index (χ4v) is 2.50. The van der Waals surface area contributed by atoms with Gasteiger partial charge in [0.1, 0.15) is 0 Å². The van der Waals surface area contributed by atoms with Gasteiger partial charge in [0.25, 0.3) is 0 Å². The molecule has 0 aromatic heterocycles. The average Bonchev–Trinajstić information content (AvgIpc) is 2.38. The van der Waals surface area contributed by atoms with Crippen molar-refractivity contribution in [3.05, 3.63) is 35.9 Å². The summed E-state index contributed by atoms with van der Waals surface area (Å²) in [5, 5.41) is 12.7. The maximum Gasteiger partial charge on any atom is 0.309 e. The average molecular weight is 233 g/mol. The van der Waals surface area contributed by atoms with Gasteiger partial charge in [-0.25, -0.2) is 0 Å². The Morgan fingerprint density at radius 3 is 2.47 bits per heavy atom. The number of carboxylic acids is 1. The Balaban J connectivity index is 2.01. The van der Waals surface area contributed by atoms with Crippen LogP contribution in [0.3, 0.4) is 0 Å². The van der Waals surface area contributed by atoms with Crippen LogP contribution in [-0.2, 0) is 11.2 Å². The van der Waals surface area contributed by atoms with Crippen molar-refractivity contribution in [2.45, 2.75) is 25.7 Å². The Hall–Kier alpha value is -1.35. The highest BCUT2D eigenvalue weighted by Gasteiger charge is 2.38. The first-order chi connectivity index (χ1) is 8.23. The maximum atomic E-state index is 11.5. The normalized spacial score (nSPS) is 18.8. The molecule has 1 fully saturated rings. The monoisotopic (exact) mass is 233 g/mol. The molecular formula is C14H19NO2. The highest BCUT2D eigenvalue weighted by molar-refractivity contribution is 5.74. The van der Waals surface area contributed by atoms with E-state index >= 15 is 0 Å². The predicted octanol–water partition coefficient (Wildman–Crippen LogP) is 2.07. The van der Waals surface area contributed by atoms with Crippen LogP contribution >= 0.6 is 0 Å². The third-order valence-electron chi connectivity index (χ3n) is 3.75. The number of aryl methyl sites for hydroxylation is 1. The zero-order chi connectivity index (χ0) is 12.1. The van der Waals surface area contributed by atoms with E-state index in [-0.39, 0.29) is 0 Å². The Kier molecular flexibility index (Phi) is 3.79. The molecule has 1 aromatic rings. The number of carbonyl (C=O) groups is 1. The van der Waals surface area contributed by atoms with Crippen LogP contribution in [0.2, 0.25) is 0 Å². The molecule has 2 rings (SSSR count). The van der Waals surface area contributed by atoms with Gasteiger partial charge in [0.05, 0.1) is 5.41 Å². The van der Waals surface area contributed by atoms with Gasteiger partial charge >= 0.3 is 5.97 Å². The Morgan fingerprint density at radius 2 is 1.88 bits per heavy atom. The molecule has 3 heteroatoms. The van der Waals surface area contributed by atoms with Crippen molar-refractivity contribution in [2.75, 3.05) is 13.1 Å². The van der Waals surface area contributed by atoms with E-state index in [9.17, 15) is 9.90 Å². The van der Waals surface area contributed by atoms with Crippen LogP contribution in [0.5, 0.6) is 0 Å². The lowest BCUT2D eigenvalue weighted by atomic mass is 9.74. The lowest BCUT2D eigenvalue weighted by Crippen LogP contribution is -2.42. The molecular weight excluding hydrogens is 214 g/mol. The molecule has 0 radical (unpaired) electrons. The van der Waals surface area contributed by atoms with Gasteiger partial charge in [0.15, 0.2) is 0 Å². The molecule has 1 aliphatic rings. The fourth-order valence-electron chi connectivity index (χ4n) is 2.50. The summed E-state index contributed by atoms with van der Waals surface area (Å²) in [5.41, 5.74) is 0.716. The van der Waals surface area contributed by atoms with E-state index in [4.69, 9.17) is 0 Å². The van der Waals surface area contributed by atoms with Crippen LogP contribution in [0.15, 0.2) is 30.3 Å². The van der Waals surface area contributed by atoms with Gasteiger partial charge in [-0.2, -0.15) is 0 Å².